The van der Waals surface area contributed by atoms with Crippen molar-refractivity contribution in [2.75, 3.05) is 13.2 Å². The summed E-state index contributed by atoms with van der Waals surface area (Å²) in [6, 6.07) is 0. The number of ether oxygens (including phenoxy) is 2. The van der Waals surface area contributed by atoms with Crippen LogP contribution < -0.4 is 0 Å². The van der Waals surface area contributed by atoms with Gasteiger partial charge in [-0.05, 0) is 37.8 Å². The number of carbonyl (C=O) groups is 3. The Kier molecular flexibility index (Phi) is 7.33. The van der Waals surface area contributed by atoms with Gasteiger partial charge in [-0.15, -0.1) is 0 Å². The average molecular weight is 380 g/mol. The monoisotopic (exact) mass is 380 g/mol. The van der Waals surface area contributed by atoms with Crippen LogP contribution in [0.3, 0.4) is 0 Å². The summed E-state index contributed by atoms with van der Waals surface area (Å²) < 4.78 is 10.7. The van der Waals surface area contributed by atoms with Crippen molar-refractivity contribution in [3.63, 3.8) is 0 Å². The third-order valence-corrected chi connectivity index (χ3v) is 5.25. The Morgan fingerprint density at radius 2 is 2.00 bits per heavy atom. The first-order valence-electron chi connectivity index (χ1n) is 9.27. The summed E-state index contributed by atoms with van der Waals surface area (Å²) >= 11 is 0. The zero-order valence-electron chi connectivity index (χ0n) is 15.9. The van der Waals surface area contributed by atoms with Crippen molar-refractivity contribution in [1.29, 1.82) is 0 Å². The van der Waals surface area contributed by atoms with Crippen molar-refractivity contribution in [2.45, 2.75) is 64.6 Å². The fourth-order valence-electron chi connectivity index (χ4n) is 3.82. The van der Waals surface area contributed by atoms with Crippen LogP contribution in [0.5, 0.6) is 0 Å². The van der Waals surface area contributed by atoms with Crippen molar-refractivity contribution in [3.05, 3.63) is 23.3 Å². The van der Waals surface area contributed by atoms with Crippen LogP contribution in [0.4, 0.5) is 0 Å². The molecule has 0 amide bonds. The summed E-state index contributed by atoms with van der Waals surface area (Å²) in [5.41, 5.74) is 0.537. The Morgan fingerprint density at radius 1 is 1.30 bits per heavy atom. The molecule has 2 aliphatic rings. The number of allylic oxidation sites excluding steroid dienone is 2. The SMILES string of the molecule is CC(=O)O[C@@H]1CCC(=O)C2(CC(=O)O[C@@H]2/C=C(\C)CCC=C(CO)CO)C1. The van der Waals surface area contributed by atoms with Crippen LogP contribution in [0.1, 0.15) is 52.4 Å². The van der Waals surface area contributed by atoms with Crippen LogP contribution in [0, 0.1) is 5.41 Å². The Balaban J connectivity index is 2.13. The van der Waals surface area contributed by atoms with Crippen molar-refractivity contribution >= 4 is 17.7 Å². The van der Waals surface area contributed by atoms with Crippen LogP contribution in [0.25, 0.3) is 0 Å². The molecule has 1 saturated heterocycles. The molecule has 1 unspecified atom stereocenters. The van der Waals surface area contributed by atoms with E-state index in [0.717, 1.165) is 5.57 Å². The molecule has 1 saturated carbocycles. The summed E-state index contributed by atoms with van der Waals surface area (Å²) in [4.78, 5) is 36.0. The Morgan fingerprint density at radius 3 is 2.63 bits per heavy atom. The van der Waals surface area contributed by atoms with E-state index in [1.807, 2.05) is 13.0 Å². The third-order valence-electron chi connectivity index (χ3n) is 5.25. The van der Waals surface area contributed by atoms with Crippen LogP contribution >= 0.6 is 0 Å². The molecular formula is C20H28O7. The lowest BCUT2D eigenvalue weighted by Crippen LogP contribution is -2.45. The zero-order valence-corrected chi connectivity index (χ0v) is 15.9. The van der Waals surface area contributed by atoms with Gasteiger partial charge in [0.05, 0.1) is 25.0 Å². The van der Waals surface area contributed by atoms with Gasteiger partial charge in [0.1, 0.15) is 18.0 Å². The minimum Gasteiger partial charge on any atom is -0.463 e. The Bertz CT molecular complexity index is 643. The first kappa shape index (κ1) is 21.3. The molecule has 0 radical (unpaired) electrons. The number of aliphatic hydroxyl groups is 2. The minimum atomic E-state index is -0.964. The molecule has 7 heteroatoms. The van der Waals surface area contributed by atoms with Gasteiger partial charge in [-0.25, -0.2) is 0 Å². The van der Waals surface area contributed by atoms with Crippen molar-refractivity contribution in [2.24, 2.45) is 5.41 Å². The number of Topliss-reactive ketones (excluding diaryl/α,β-unsaturated/α-hetero) is 1. The highest BCUT2D eigenvalue weighted by Crippen LogP contribution is 2.47. The van der Waals surface area contributed by atoms with E-state index in [9.17, 15) is 14.4 Å². The molecule has 1 aliphatic heterocycles. The molecule has 2 rings (SSSR count). The van der Waals surface area contributed by atoms with E-state index in [0.29, 0.717) is 31.3 Å². The van der Waals surface area contributed by atoms with Gasteiger partial charge in [0.15, 0.2) is 0 Å². The van der Waals surface area contributed by atoms with Crippen molar-refractivity contribution in [3.8, 4) is 0 Å². The van der Waals surface area contributed by atoms with Gasteiger partial charge in [0.2, 0.25) is 0 Å². The van der Waals surface area contributed by atoms with Crippen LogP contribution in [-0.2, 0) is 23.9 Å². The lowest BCUT2D eigenvalue weighted by atomic mass is 9.67. The normalized spacial score (nSPS) is 28.2. The predicted molar refractivity (Wildman–Crippen MR) is 96.6 cm³/mol. The van der Waals surface area contributed by atoms with Crippen LogP contribution in [-0.4, -0.2) is 53.4 Å². The van der Waals surface area contributed by atoms with Gasteiger partial charge < -0.3 is 19.7 Å². The molecule has 7 nitrogen and oxygen atoms in total. The molecule has 1 aliphatic carbocycles. The molecule has 3 atom stereocenters. The summed E-state index contributed by atoms with van der Waals surface area (Å²) in [5, 5.41) is 18.1. The number of carbonyl (C=O) groups excluding carboxylic acids is 3. The zero-order chi connectivity index (χ0) is 20.0. The lowest BCUT2D eigenvalue weighted by Gasteiger charge is -2.37. The molecule has 0 bridgehead atoms. The van der Waals surface area contributed by atoms with Gasteiger partial charge in [-0.1, -0.05) is 11.6 Å². The smallest absolute Gasteiger partial charge is 0.307 e. The number of rotatable bonds is 7. The molecule has 1 heterocycles. The van der Waals surface area contributed by atoms with Gasteiger partial charge in [-0.2, -0.15) is 0 Å². The lowest BCUT2D eigenvalue weighted by molar-refractivity contribution is -0.155. The van der Waals surface area contributed by atoms with Crippen molar-refractivity contribution < 1.29 is 34.1 Å². The fourth-order valence-corrected chi connectivity index (χ4v) is 3.82. The largest absolute Gasteiger partial charge is 0.463 e. The number of hydrogen-bond donors (Lipinski definition) is 2. The maximum absolute atomic E-state index is 12.7. The second-order valence-corrected chi connectivity index (χ2v) is 7.37. The molecular weight excluding hydrogens is 352 g/mol. The van der Waals surface area contributed by atoms with Gasteiger partial charge in [-0.3, -0.25) is 14.4 Å². The van der Waals surface area contributed by atoms with Crippen LogP contribution in [0.2, 0.25) is 0 Å². The van der Waals surface area contributed by atoms with Gasteiger partial charge >= 0.3 is 11.9 Å². The average Bonchev–Trinajstić information content (AvgIpc) is 2.90. The number of esters is 2. The molecule has 0 aromatic heterocycles. The Labute approximate surface area is 159 Å². The second-order valence-electron chi connectivity index (χ2n) is 7.37. The van der Waals surface area contributed by atoms with E-state index >= 15 is 0 Å². The molecule has 0 aromatic rings. The minimum absolute atomic E-state index is 0.0110. The fraction of sp³-hybridized carbons (Fsp3) is 0.650. The highest BCUT2D eigenvalue weighted by atomic mass is 16.6. The number of cyclic esters (lactones) is 1. The summed E-state index contributed by atoms with van der Waals surface area (Å²) in [6.45, 7) is 2.85. The van der Waals surface area contributed by atoms with E-state index in [1.165, 1.54) is 6.92 Å². The summed E-state index contributed by atoms with van der Waals surface area (Å²) in [6.07, 6.45) is 4.85. The highest BCUT2D eigenvalue weighted by Gasteiger charge is 2.56. The maximum atomic E-state index is 12.7. The van der Waals surface area contributed by atoms with E-state index in [-0.39, 0.29) is 37.9 Å². The molecule has 2 fully saturated rings. The quantitative estimate of drug-likeness (QED) is 0.510. The molecule has 150 valence electrons. The first-order chi connectivity index (χ1) is 12.8. The predicted octanol–water partition coefficient (Wildman–Crippen LogP) is 1.61. The first-order valence-corrected chi connectivity index (χ1v) is 9.27. The van der Waals surface area contributed by atoms with E-state index in [4.69, 9.17) is 19.7 Å². The molecule has 2 N–H and O–H groups in total. The topological polar surface area (TPSA) is 110 Å². The maximum Gasteiger partial charge on any atom is 0.307 e. The van der Waals surface area contributed by atoms with Gasteiger partial charge in [0.25, 0.3) is 0 Å². The molecule has 27 heavy (non-hydrogen) atoms. The summed E-state index contributed by atoms with van der Waals surface area (Å²) in [5.74, 6) is -0.828. The number of ketones is 1. The van der Waals surface area contributed by atoms with Gasteiger partial charge in [0, 0.05) is 19.8 Å². The van der Waals surface area contributed by atoms with E-state index < -0.39 is 23.5 Å². The third kappa shape index (κ3) is 5.26. The second kappa shape index (κ2) is 9.28. The highest BCUT2D eigenvalue weighted by molar-refractivity contribution is 5.93. The van der Waals surface area contributed by atoms with Crippen LogP contribution in [0.15, 0.2) is 23.3 Å². The van der Waals surface area contributed by atoms with Crippen molar-refractivity contribution in [1.82, 2.24) is 0 Å². The van der Waals surface area contributed by atoms with E-state index in [2.05, 4.69) is 0 Å². The number of aliphatic hydroxyl groups excluding tert-OH is 2. The molecule has 1 spiro atoms. The molecule has 0 aromatic carbocycles. The number of hydrogen-bond acceptors (Lipinski definition) is 7. The Hall–Kier alpha value is -1.99. The summed E-state index contributed by atoms with van der Waals surface area (Å²) in [7, 11) is 0. The van der Waals surface area contributed by atoms with E-state index in [1.54, 1.807) is 6.08 Å². The standard InChI is InChI=1S/C20H28O7/c1-13(4-3-5-15(11-21)12-22)8-18-20(10-19(25)27-18)9-16(26-14(2)23)6-7-17(20)24/h5,8,16,18,21-22H,3-4,6-7,9-12H2,1-2H3/b13-8+/t16-,18-,20?/m1/s1.